The first-order valence-corrected chi connectivity index (χ1v) is 5.51. The van der Waals surface area contributed by atoms with E-state index in [1.54, 1.807) is 28.7 Å². The minimum absolute atomic E-state index is 0.0683. The molecule has 0 amide bonds. The van der Waals surface area contributed by atoms with Gasteiger partial charge in [-0.1, -0.05) is 0 Å². The molecule has 0 fully saturated rings. The van der Waals surface area contributed by atoms with Crippen molar-refractivity contribution in [3.63, 3.8) is 0 Å². The fourth-order valence-corrected chi connectivity index (χ4v) is 1.97. The number of hydrogen-bond acceptors (Lipinski definition) is 4. The maximum Gasteiger partial charge on any atom is 0.310 e. The Morgan fingerprint density at radius 2 is 2.35 bits per heavy atom. The normalized spacial score (nSPS) is 10.1. The Labute approximate surface area is 110 Å². The summed E-state index contributed by atoms with van der Waals surface area (Å²) >= 11 is 1.69. The molecule has 1 aromatic heterocycles. The highest BCUT2D eigenvalue weighted by atomic mass is 127. The average Bonchev–Trinajstić information content (AvgIpc) is 2.28. The van der Waals surface area contributed by atoms with Gasteiger partial charge in [-0.2, -0.15) is 5.26 Å². The molecule has 0 saturated carbocycles. The Morgan fingerprint density at radius 3 is 2.82 bits per heavy atom. The number of carbonyl (C=O) groups is 1. The number of esters is 1. The zero-order valence-electron chi connectivity index (χ0n) is 8.71. The molecule has 4 nitrogen and oxygen atoms in total. The summed E-state index contributed by atoms with van der Waals surface area (Å²) in [6.07, 6.45) is -1.97. The van der Waals surface area contributed by atoms with Crippen LogP contribution in [-0.4, -0.2) is 18.1 Å². The summed E-state index contributed by atoms with van der Waals surface area (Å²) in [4.78, 5) is 14.8. The lowest BCUT2D eigenvalue weighted by Gasteiger charge is -2.10. The van der Waals surface area contributed by atoms with E-state index in [0.29, 0.717) is 0 Å². The fourth-order valence-electron chi connectivity index (χ4n) is 1.27. The van der Waals surface area contributed by atoms with Crippen LogP contribution in [0, 0.1) is 14.9 Å². The monoisotopic (exact) mass is 352 g/mol. The fraction of sp³-hybridized carbons (Fsp3) is 0.300. The SMILES string of the molecule is COC(=O)Cc1c(C#N)ncc(I)c1C(F)F. The molecule has 17 heavy (non-hydrogen) atoms. The second-order valence-electron chi connectivity index (χ2n) is 3.01. The number of aromatic nitrogens is 1. The maximum absolute atomic E-state index is 12.9. The summed E-state index contributed by atoms with van der Waals surface area (Å²) < 4.78 is 30.4. The lowest BCUT2D eigenvalue weighted by Crippen LogP contribution is -2.11. The topological polar surface area (TPSA) is 63.0 Å². The van der Waals surface area contributed by atoms with Crippen LogP contribution in [0.15, 0.2) is 6.20 Å². The summed E-state index contributed by atoms with van der Waals surface area (Å²) in [7, 11) is 1.15. The summed E-state index contributed by atoms with van der Waals surface area (Å²) in [6, 6.07) is 1.69. The summed E-state index contributed by atoms with van der Waals surface area (Å²) in [6.45, 7) is 0. The van der Waals surface area contributed by atoms with E-state index >= 15 is 0 Å². The first-order valence-electron chi connectivity index (χ1n) is 4.43. The molecule has 0 aliphatic rings. The van der Waals surface area contributed by atoms with Crippen molar-refractivity contribution < 1.29 is 18.3 Å². The number of nitriles is 1. The Bertz CT molecular complexity index is 486. The van der Waals surface area contributed by atoms with Crippen LogP contribution < -0.4 is 0 Å². The zero-order valence-corrected chi connectivity index (χ0v) is 10.9. The van der Waals surface area contributed by atoms with Crippen LogP contribution >= 0.6 is 22.6 Å². The van der Waals surface area contributed by atoms with Crippen LogP contribution in [-0.2, 0) is 16.0 Å². The molecule has 0 N–H and O–H groups in total. The zero-order chi connectivity index (χ0) is 13.0. The minimum Gasteiger partial charge on any atom is -0.469 e. The number of carbonyl (C=O) groups excluding carboxylic acids is 1. The number of methoxy groups -OCH3 is 1. The molecule has 90 valence electrons. The van der Waals surface area contributed by atoms with Crippen molar-refractivity contribution in [2.45, 2.75) is 12.8 Å². The van der Waals surface area contributed by atoms with E-state index in [0.717, 1.165) is 7.11 Å². The Hall–Kier alpha value is -1.30. The van der Waals surface area contributed by atoms with Gasteiger partial charge in [0.05, 0.1) is 13.5 Å². The van der Waals surface area contributed by atoms with Gasteiger partial charge in [-0.3, -0.25) is 4.79 Å². The third-order valence-corrected chi connectivity index (χ3v) is 2.91. The number of halogens is 3. The molecule has 0 radical (unpaired) electrons. The molecule has 7 heteroatoms. The van der Waals surface area contributed by atoms with Gasteiger partial charge in [0.15, 0.2) is 0 Å². The Morgan fingerprint density at radius 1 is 1.71 bits per heavy atom. The summed E-state index contributed by atoms with van der Waals surface area (Å²) in [5.41, 5.74) is -0.574. The predicted molar refractivity (Wildman–Crippen MR) is 62.3 cm³/mol. The molecule has 0 atom stereocenters. The number of pyridine rings is 1. The molecular formula is C10H7F2IN2O2. The van der Waals surface area contributed by atoms with Gasteiger partial charge in [0.1, 0.15) is 11.8 Å². The Kier molecular flexibility index (Phi) is 4.74. The molecule has 0 unspecified atom stereocenters. The van der Waals surface area contributed by atoms with Crippen LogP contribution in [0.4, 0.5) is 8.78 Å². The lowest BCUT2D eigenvalue weighted by molar-refractivity contribution is -0.139. The largest absolute Gasteiger partial charge is 0.469 e. The second-order valence-corrected chi connectivity index (χ2v) is 4.17. The van der Waals surface area contributed by atoms with Gasteiger partial charge >= 0.3 is 5.97 Å². The first-order chi connectivity index (χ1) is 8.01. The van der Waals surface area contributed by atoms with Crippen molar-refractivity contribution in [1.82, 2.24) is 4.98 Å². The standard InChI is InChI=1S/C10H7F2IN2O2/c1-17-8(16)2-5-7(3-14)15-4-6(13)9(5)10(11)12/h4,10H,2H2,1H3. The molecule has 0 bridgehead atoms. The molecule has 1 heterocycles. The number of nitrogens with zero attached hydrogens (tertiary/aromatic N) is 2. The minimum atomic E-state index is -2.77. The van der Waals surface area contributed by atoms with Crippen molar-refractivity contribution in [3.05, 3.63) is 26.6 Å². The second kappa shape index (κ2) is 5.86. The van der Waals surface area contributed by atoms with E-state index in [-0.39, 0.29) is 26.8 Å². The van der Waals surface area contributed by atoms with Gasteiger partial charge < -0.3 is 4.74 Å². The van der Waals surface area contributed by atoms with Gasteiger partial charge in [-0.25, -0.2) is 13.8 Å². The molecule has 1 aromatic rings. The van der Waals surface area contributed by atoms with E-state index in [1.165, 1.54) is 6.20 Å². The van der Waals surface area contributed by atoms with E-state index in [9.17, 15) is 13.6 Å². The third-order valence-electron chi connectivity index (χ3n) is 2.05. The van der Waals surface area contributed by atoms with Crippen molar-refractivity contribution in [2.24, 2.45) is 0 Å². The number of hydrogen-bond donors (Lipinski definition) is 0. The Balaban J connectivity index is 3.36. The average molecular weight is 352 g/mol. The van der Waals surface area contributed by atoms with E-state index in [1.807, 2.05) is 0 Å². The molecule has 1 rings (SSSR count). The highest BCUT2D eigenvalue weighted by Crippen LogP contribution is 2.29. The van der Waals surface area contributed by atoms with Crippen molar-refractivity contribution in [2.75, 3.05) is 7.11 Å². The van der Waals surface area contributed by atoms with Crippen LogP contribution in [0.25, 0.3) is 0 Å². The van der Waals surface area contributed by atoms with Crippen molar-refractivity contribution in [1.29, 1.82) is 5.26 Å². The lowest BCUT2D eigenvalue weighted by atomic mass is 10.0. The van der Waals surface area contributed by atoms with Crippen molar-refractivity contribution in [3.8, 4) is 6.07 Å². The van der Waals surface area contributed by atoms with Gasteiger partial charge in [-0.05, 0) is 22.6 Å². The van der Waals surface area contributed by atoms with E-state index in [2.05, 4.69) is 9.72 Å². The quantitative estimate of drug-likeness (QED) is 0.618. The maximum atomic E-state index is 12.9. The van der Waals surface area contributed by atoms with Crippen LogP contribution in [0.5, 0.6) is 0 Å². The number of ether oxygens (including phenoxy) is 1. The van der Waals surface area contributed by atoms with Gasteiger partial charge in [0.2, 0.25) is 0 Å². The van der Waals surface area contributed by atoms with E-state index < -0.39 is 12.4 Å². The number of rotatable bonds is 3. The third kappa shape index (κ3) is 3.09. The number of alkyl halides is 2. The first kappa shape index (κ1) is 13.8. The molecule has 0 aliphatic heterocycles. The van der Waals surface area contributed by atoms with E-state index in [4.69, 9.17) is 5.26 Å². The highest BCUT2D eigenvalue weighted by Gasteiger charge is 2.23. The van der Waals surface area contributed by atoms with Crippen LogP contribution in [0.1, 0.15) is 23.2 Å². The predicted octanol–water partition coefficient (Wildman–Crippen LogP) is 2.21. The van der Waals surface area contributed by atoms with Crippen molar-refractivity contribution >= 4 is 28.6 Å². The van der Waals surface area contributed by atoms with Gasteiger partial charge in [0.25, 0.3) is 6.43 Å². The molecule has 0 spiro atoms. The van der Waals surface area contributed by atoms with Crippen LogP contribution in [0.2, 0.25) is 0 Å². The molecular weight excluding hydrogens is 345 g/mol. The summed E-state index contributed by atoms with van der Waals surface area (Å²) in [5, 5.41) is 8.79. The van der Waals surface area contributed by atoms with Crippen LogP contribution in [0.3, 0.4) is 0 Å². The highest BCUT2D eigenvalue weighted by molar-refractivity contribution is 14.1. The smallest absolute Gasteiger partial charge is 0.310 e. The van der Waals surface area contributed by atoms with Gasteiger partial charge in [-0.15, -0.1) is 0 Å². The van der Waals surface area contributed by atoms with Gasteiger partial charge in [0, 0.05) is 20.9 Å². The molecule has 0 aliphatic carbocycles. The summed E-state index contributed by atoms with van der Waals surface area (Å²) in [5.74, 6) is -0.688. The molecule has 0 saturated heterocycles. The molecule has 0 aromatic carbocycles.